The summed E-state index contributed by atoms with van der Waals surface area (Å²) in [6, 6.07) is 0. The van der Waals surface area contributed by atoms with Crippen molar-refractivity contribution in [1.82, 2.24) is 4.90 Å². The van der Waals surface area contributed by atoms with Crippen LogP contribution in [0.4, 0.5) is 0 Å². The number of amides is 1. The van der Waals surface area contributed by atoms with Crippen LogP contribution < -0.4 is 0 Å². The zero-order chi connectivity index (χ0) is 9.52. The molecule has 1 saturated heterocycles. The predicted octanol–water partition coefficient (Wildman–Crippen LogP) is 0.988. The van der Waals surface area contributed by atoms with Crippen LogP contribution in [0, 0.1) is 0 Å². The van der Waals surface area contributed by atoms with Gasteiger partial charge in [-0.15, -0.1) is 0 Å². The summed E-state index contributed by atoms with van der Waals surface area (Å²) in [5, 5.41) is 0. The Morgan fingerprint density at radius 2 is 2.38 bits per heavy atom. The summed E-state index contributed by atoms with van der Waals surface area (Å²) in [5.41, 5.74) is 0. The molecule has 0 saturated carbocycles. The van der Waals surface area contributed by atoms with Crippen molar-refractivity contribution in [1.29, 1.82) is 0 Å². The first-order valence-electron chi connectivity index (χ1n) is 4.69. The van der Waals surface area contributed by atoms with Gasteiger partial charge in [0, 0.05) is 38.1 Å². The van der Waals surface area contributed by atoms with Gasteiger partial charge >= 0.3 is 0 Å². The molecule has 1 fully saturated rings. The summed E-state index contributed by atoms with van der Waals surface area (Å²) in [6.45, 7) is 2.68. The lowest BCUT2D eigenvalue weighted by Crippen LogP contribution is -2.27. The van der Waals surface area contributed by atoms with E-state index in [1.165, 1.54) is 0 Å². The number of carbonyl (C=O) groups is 1. The molecule has 1 amide bonds. The zero-order valence-electron chi connectivity index (χ0n) is 8.12. The molecule has 0 bridgehead atoms. The summed E-state index contributed by atoms with van der Waals surface area (Å²) >= 11 is 1.85. The molecule has 4 heteroatoms. The first kappa shape index (κ1) is 10.9. The molecule has 0 aromatic rings. The average Bonchev–Trinajstić information content (AvgIpc) is 2.52. The van der Waals surface area contributed by atoms with E-state index in [0.717, 1.165) is 44.0 Å². The number of hydrogen-bond donors (Lipinski definition) is 0. The molecule has 1 aliphatic rings. The van der Waals surface area contributed by atoms with E-state index >= 15 is 0 Å². The first-order chi connectivity index (χ1) is 6.34. The highest BCUT2D eigenvalue weighted by Crippen LogP contribution is 2.10. The molecule has 3 nitrogen and oxygen atoms in total. The van der Waals surface area contributed by atoms with E-state index in [1.54, 1.807) is 7.11 Å². The third-order valence-corrected chi connectivity index (χ3v) is 3.04. The number of likely N-dealkylation sites (tertiary alicyclic amines) is 1. The Bertz CT molecular complexity index is 164. The summed E-state index contributed by atoms with van der Waals surface area (Å²) in [5.74, 6) is 2.39. The second-order valence-corrected chi connectivity index (χ2v) is 4.31. The molecular formula is C9H17NO2S. The summed E-state index contributed by atoms with van der Waals surface area (Å²) in [7, 11) is 1.71. The minimum absolute atomic E-state index is 0.326. The molecule has 76 valence electrons. The van der Waals surface area contributed by atoms with Crippen LogP contribution in [0.15, 0.2) is 0 Å². The van der Waals surface area contributed by atoms with Gasteiger partial charge in [0.1, 0.15) is 0 Å². The standard InChI is InChI=1S/C9H17NO2S/c1-12-6-8-13-7-5-10-4-2-3-9(10)11/h2-8H2,1H3. The van der Waals surface area contributed by atoms with Gasteiger partial charge < -0.3 is 9.64 Å². The van der Waals surface area contributed by atoms with Crippen molar-refractivity contribution in [3.63, 3.8) is 0 Å². The second-order valence-electron chi connectivity index (χ2n) is 3.09. The van der Waals surface area contributed by atoms with Gasteiger partial charge in [0.25, 0.3) is 0 Å². The van der Waals surface area contributed by atoms with Crippen molar-refractivity contribution in [2.24, 2.45) is 0 Å². The van der Waals surface area contributed by atoms with Gasteiger partial charge in [-0.1, -0.05) is 0 Å². The second kappa shape index (κ2) is 6.27. The number of methoxy groups -OCH3 is 1. The van der Waals surface area contributed by atoms with Crippen LogP contribution in [0.3, 0.4) is 0 Å². The smallest absolute Gasteiger partial charge is 0.222 e. The third kappa shape index (κ3) is 4.00. The fourth-order valence-electron chi connectivity index (χ4n) is 1.36. The van der Waals surface area contributed by atoms with E-state index in [1.807, 2.05) is 16.7 Å². The predicted molar refractivity (Wildman–Crippen MR) is 55.0 cm³/mol. The maximum atomic E-state index is 11.2. The molecule has 0 aromatic carbocycles. The van der Waals surface area contributed by atoms with E-state index in [4.69, 9.17) is 4.74 Å². The number of ether oxygens (including phenoxy) is 1. The van der Waals surface area contributed by atoms with Crippen molar-refractivity contribution in [3.05, 3.63) is 0 Å². The molecule has 1 aliphatic heterocycles. The minimum atomic E-state index is 0.326. The SMILES string of the molecule is COCCSCCN1CCCC1=O. The van der Waals surface area contributed by atoms with Crippen LogP contribution >= 0.6 is 11.8 Å². The fraction of sp³-hybridized carbons (Fsp3) is 0.889. The van der Waals surface area contributed by atoms with Gasteiger partial charge in [-0.2, -0.15) is 11.8 Å². The molecule has 0 atom stereocenters. The van der Waals surface area contributed by atoms with Crippen LogP contribution in [-0.4, -0.2) is 49.1 Å². The Kier molecular flexibility index (Phi) is 5.23. The maximum absolute atomic E-state index is 11.2. The molecule has 0 radical (unpaired) electrons. The van der Waals surface area contributed by atoms with E-state index in [9.17, 15) is 4.79 Å². The molecule has 0 aromatic heterocycles. The normalized spacial score (nSPS) is 17.0. The van der Waals surface area contributed by atoms with Gasteiger partial charge in [0.15, 0.2) is 0 Å². The molecule has 13 heavy (non-hydrogen) atoms. The first-order valence-corrected chi connectivity index (χ1v) is 5.84. The van der Waals surface area contributed by atoms with Crippen LogP contribution in [-0.2, 0) is 9.53 Å². The third-order valence-electron chi connectivity index (χ3n) is 2.11. The lowest BCUT2D eigenvalue weighted by Gasteiger charge is -2.14. The van der Waals surface area contributed by atoms with Crippen molar-refractivity contribution in [3.8, 4) is 0 Å². The quantitative estimate of drug-likeness (QED) is 0.603. The van der Waals surface area contributed by atoms with Gasteiger partial charge in [-0.25, -0.2) is 0 Å². The minimum Gasteiger partial charge on any atom is -0.384 e. The largest absolute Gasteiger partial charge is 0.384 e. The average molecular weight is 203 g/mol. The topological polar surface area (TPSA) is 29.5 Å². The lowest BCUT2D eigenvalue weighted by molar-refractivity contribution is -0.127. The Hall–Kier alpha value is -0.220. The van der Waals surface area contributed by atoms with E-state index < -0.39 is 0 Å². The Labute approximate surface area is 83.8 Å². The van der Waals surface area contributed by atoms with Crippen molar-refractivity contribution in [2.45, 2.75) is 12.8 Å². The number of thioether (sulfide) groups is 1. The Morgan fingerprint density at radius 1 is 1.54 bits per heavy atom. The zero-order valence-corrected chi connectivity index (χ0v) is 8.94. The highest BCUT2D eigenvalue weighted by molar-refractivity contribution is 7.99. The van der Waals surface area contributed by atoms with Crippen LogP contribution in [0.1, 0.15) is 12.8 Å². The fourth-order valence-corrected chi connectivity index (χ4v) is 2.20. The molecule has 0 aliphatic carbocycles. The number of rotatable bonds is 6. The summed E-state index contributed by atoms with van der Waals surface area (Å²) < 4.78 is 4.93. The van der Waals surface area contributed by atoms with Crippen LogP contribution in [0.5, 0.6) is 0 Å². The van der Waals surface area contributed by atoms with Gasteiger partial charge in [-0.05, 0) is 6.42 Å². The monoisotopic (exact) mass is 203 g/mol. The van der Waals surface area contributed by atoms with Crippen LogP contribution in [0.2, 0.25) is 0 Å². The van der Waals surface area contributed by atoms with E-state index in [-0.39, 0.29) is 0 Å². The molecule has 0 N–H and O–H groups in total. The number of carbonyl (C=O) groups excluding carboxylic acids is 1. The van der Waals surface area contributed by atoms with Gasteiger partial charge in [-0.3, -0.25) is 4.79 Å². The number of nitrogens with zero attached hydrogens (tertiary/aromatic N) is 1. The highest BCUT2D eigenvalue weighted by Gasteiger charge is 2.18. The summed E-state index contributed by atoms with van der Waals surface area (Å²) in [4.78, 5) is 13.1. The molecule has 1 heterocycles. The van der Waals surface area contributed by atoms with Crippen molar-refractivity contribution < 1.29 is 9.53 Å². The van der Waals surface area contributed by atoms with E-state index in [2.05, 4.69) is 0 Å². The van der Waals surface area contributed by atoms with Crippen molar-refractivity contribution >= 4 is 17.7 Å². The lowest BCUT2D eigenvalue weighted by atomic mass is 10.4. The van der Waals surface area contributed by atoms with E-state index in [0.29, 0.717) is 5.91 Å². The maximum Gasteiger partial charge on any atom is 0.222 e. The molecule has 1 rings (SSSR count). The highest BCUT2D eigenvalue weighted by atomic mass is 32.2. The van der Waals surface area contributed by atoms with Crippen molar-refractivity contribution in [2.75, 3.05) is 38.3 Å². The molecule has 0 unspecified atom stereocenters. The number of hydrogen-bond acceptors (Lipinski definition) is 3. The van der Waals surface area contributed by atoms with Gasteiger partial charge in [0.05, 0.1) is 6.61 Å². The Balaban J connectivity index is 1.96. The van der Waals surface area contributed by atoms with Crippen LogP contribution in [0.25, 0.3) is 0 Å². The Morgan fingerprint density at radius 3 is 3.00 bits per heavy atom. The molecule has 0 spiro atoms. The molecular weight excluding hydrogens is 186 g/mol. The van der Waals surface area contributed by atoms with Gasteiger partial charge in [0.2, 0.25) is 5.91 Å². The summed E-state index contributed by atoms with van der Waals surface area (Å²) in [6.07, 6.45) is 1.80.